The first-order valence-corrected chi connectivity index (χ1v) is 9.93. The standard InChI is InChI=1S/C21H22ClN5O3/c1-13-10-17(6-8-24-13)21-25-20(26-27-21)16-4-5-19(18(11-16)12-23)30-15(3)29-14(2)28-9-7-22/h4-6,8,10-11,14-15H,7,9H2,1-3H3,(H,25,26,27). The molecule has 0 saturated carbocycles. The van der Waals surface area contributed by atoms with E-state index in [9.17, 15) is 5.26 Å². The number of nitrogens with zero attached hydrogens (tertiary/aromatic N) is 4. The summed E-state index contributed by atoms with van der Waals surface area (Å²) in [5, 5.41) is 16.7. The van der Waals surface area contributed by atoms with Crippen LogP contribution in [0, 0.1) is 18.3 Å². The highest BCUT2D eigenvalue weighted by Crippen LogP contribution is 2.27. The summed E-state index contributed by atoms with van der Waals surface area (Å²) < 4.78 is 16.7. The molecule has 1 aromatic carbocycles. The first-order valence-electron chi connectivity index (χ1n) is 9.39. The second kappa shape index (κ2) is 10.2. The zero-order valence-electron chi connectivity index (χ0n) is 16.9. The maximum absolute atomic E-state index is 9.55. The summed E-state index contributed by atoms with van der Waals surface area (Å²) in [7, 11) is 0. The first kappa shape index (κ1) is 21.7. The number of alkyl halides is 1. The van der Waals surface area contributed by atoms with Crippen LogP contribution in [-0.4, -0.2) is 45.2 Å². The summed E-state index contributed by atoms with van der Waals surface area (Å²) in [5.41, 5.74) is 2.82. The molecule has 0 bridgehead atoms. The van der Waals surface area contributed by atoms with Crippen molar-refractivity contribution in [3.8, 4) is 34.6 Å². The fraction of sp³-hybridized carbons (Fsp3) is 0.333. The van der Waals surface area contributed by atoms with Gasteiger partial charge in [0.15, 0.2) is 24.2 Å². The molecule has 0 radical (unpaired) electrons. The summed E-state index contributed by atoms with van der Waals surface area (Å²) >= 11 is 5.60. The molecule has 0 spiro atoms. The Labute approximate surface area is 179 Å². The topological polar surface area (TPSA) is 106 Å². The van der Waals surface area contributed by atoms with E-state index in [0.717, 1.165) is 11.3 Å². The Kier molecular flexibility index (Phi) is 7.36. The van der Waals surface area contributed by atoms with Crippen molar-refractivity contribution in [2.24, 2.45) is 0 Å². The number of aryl methyl sites for hydroxylation is 1. The molecule has 2 unspecified atom stereocenters. The molecule has 0 aliphatic carbocycles. The number of benzene rings is 1. The van der Waals surface area contributed by atoms with Gasteiger partial charge < -0.3 is 14.2 Å². The molecule has 0 aliphatic rings. The number of H-pyrrole nitrogens is 1. The Hall–Kier alpha value is -2.99. The zero-order valence-corrected chi connectivity index (χ0v) is 17.7. The highest BCUT2D eigenvalue weighted by molar-refractivity contribution is 6.17. The lowest BCUT2D eigenvalue weighted by molar-refractivity contribution is -0.201. The van der Waals surface area contributed by atoms with Crippen LogP contribution in [0.5, 0.6) is 5.75 Å². The van der Waals surface area contributed by atoms with Gasteiger partial charge >= 0.3 is 0 Å². The summed E-state index contributed by atoms with van der Waals surface area (Å²) in [6, 6.07) is 11.1. The highest BCUT2D eigenvalue weighted by Gasteiger charge is 2.15. The van der Waals surface area contributed by atoms with Gasteiger partial charge in [-0.3, -0.25) is 10.1 Å². The molecule has 3 rings (SSSR count). The minimum absolute atomic E-state index is 0.350. The average molecular weight is 428 g/mol. The van der Waals surface area contributed by atoms with Gasteiger partial charge in [-0.05, 0) is 51.1 Å². The Morgan fingerprint density at radius 3 is 2.73 bits per heavy atom. The van der Waals surface area contributed by atoms with E-state index in [4.69, 9.17) is 25.8 Å². The minimum Gasteiger partial charge on any atom is -0.464 e. The van der Waals surface area contributed by atoms with Crippen molar-refractivity contribution >= 4 is 11.6 Å². The summed E-state index contributed by atoms with van der Waals surface area (Å²) in [6.07, 6.45) is 0.628. The maximum atomic E-state index is 9.55. The van der Waals surface area contributed by atoms with Crippen molar-refractivity contribution in [3.63, 3.8) is 0 Å². The third-order valence-corrected chi connectivity index (χ3v) is 4.27. The van der Waals surface area contributed by atoms with Gasteiger partial charge in [0.25, 0.3) is 0 Å². The average Bonchev–Trinajstić information content (AvgIpc) is 3.23. The van der Waals surface area contributed by atoms with Crippen LogP contribution in [0.2, 0.25) is 0 Å². The molecule has 2 aromatic heterocycles. The van der Waals surface area contributed by atoms with E-state index in [1.165, 1.54) is 0 Å². The predicted molar refractivity (Wildman–Crippen MR) is 112 cm³/mol. The third kappa shape index (κ3) is 5.54. The van der Waals surface area contributed by atoms with Gasteiger partial charge in [0.2, 0.25) is 0 Å². The van der Waals surface area contributed by atoms with Crippen molar-refractivity contribution in [2.45, 2.75) is 33.4 Å². The largest absolute Gasteiger partial charge is 0.464 e. The van der Waals surface area contributed by atoms with E-state index < -0.39 is 12.6 Å². The minimum atomic E-state index is -0.613. The van der Waals surface area contributed by atoms with Gasteiger partial charge in [0.1, 0.15) is 11.8 Å². The number of pyridine rings is 1. The van der Waals surface area contributed by atoms with Crippen molar-refractivity contribution in [1.82, 2.24) is 20.2 Å². The number of hydrogen-bond acceptors (Lipinski definition) is 7. The smallest absolute Gasteiger partial charge is 0.199 e. The number of halogens is 1. The van der Waals surface area contributed by atoms with Gasteiger partial charge in [-0.25, -0.2) is 4.98 Å². The van der Waals surface area contributed by atoms with E-state index in [2.05, 4.69) is 26.2 Å². The zero-order chi connectivity index (χ0) is 21.5. The summed E-state index contributed by atoms with van der Waals surface area (Å²) in [5.74, 6) is 1.89. The lowest BCUT2D eigenvalue weighted by Crippen LogP contribution is -2.25. The normalized spacial score (nSPS) is 12.9. The van der Waals surface area contributed by atoms with Crippen molar-refractivity contribution < 1.29 is 14.2 Å². The van der Waals surface area contributed by atoms with E-state index in [-0.39, 0.29) is 0 Å². The van der Waals surface area contributed by atoms with Crippen molar-refractivity contribution in [3.05, 3.63) is 47.8 Å². The van der Waals surface area contributed by atoms with Crippen LogP contribution in [0.1, 0.15) is 25.1 Å². The van der Waals surface area contributed by atoms with Crippen molar-refractivity contribution in [1.29, 1.82) is 5.26 Å². The Morgan fingerprint density at radius 1 is 1.17 bits per heavy atom. The van der Waals surface area contributed by atoms with E-state index >= 15 is 0 Å². The number of ether oxygens (including phenoxy) is 3. The molecule has 2 heterocycles. The molecule has 0 fully saturated rings. The predicted octanol–water partition coefficient (Wildman–Crippen LogP) is 4.06. The second-order valence-electron chi connectivity index (χ2n) is 6.47. The maximum Gasteiger partial charge on any atom is 0.199 e. The lowest BCUT2D eigenvalue weighted by atomic mass is 10.1. The number of hydrogen-bond donors (Lipinski definition) is 1. The van der Waals surface area contributed by atoms with Crippen LogP contribution >= 0.6 is 11.6 Å². The van der Waals surface area contributed by atoms with Crippen LogP contribution in [0.3, 0.4) is 0 Å². The molecule has 1 N–H and O–H groups in total. The number of aromatic amines is 1. The molecular formula is C21H22ClN5O3. The van der Waals surface area contributed by atoms with Gasteiger partial charge in [-0.15, -0.1) is 11.6 Å². The molecule has 0 amide bonds. The quantitative estimate of drug-likeness (QED) is 0.405. The highest BCUT2D eigenvalue weighted by atomic mass is 35.5. The fourth-order valence-corrected chi connectivity index (χ4v) is 2.89. The van der Waals surface area contributed by atoms with Crippen LogP contribution in [0.15, 0.2) is 36.5 Å². The van der Waals surface area contributed by atoms with Gasteiger partial charge in [0, 0.05) is 28.9 Å². The second-order valence-corrected chi connectivity index (χ2v) is 6.84. The van der Waals surface area contributed by atoms with Crippen molar-refractivity contribution in [2.75, 3.05) is 12.5 Å². The van der Waals surface area contributed by atoms with Crippen LogP contribution in [0.4, 0.5) is 0 Å². The monoisotopic (exact) mass is 427 g/mol. The summed E-state index contributed by atoms with van der Waals surface area (Å²) in [4.78, 5) is 8.71. The van der Waals surface area contributed by atoms with Gasteiger partial charge in [0.05, 0.1) is 12.2 Å². The SMILES string of the molecule is Cc1cc(-c2nc(-c3ccc(OC(C)OC(C)OCCCl)c(C#N)c3)n[nH]2)ccn1. The van der Waals surface area contributed by atoms with Gasteiger partial charge in [-0.1, -0.05) is 0 Å². The Balaban J connectivity index is 1.74. The molecule has 9 heteroatoms. The molecule has 0 saturated heterocycles. The number of nitrogens with one attached hydrogen (secondary N) is 1. The Bertz CT molecular complexity index is 1030. The number of aromatic nitrogens is 4. The van der Waals surface area contributed by atoms with Crippen LogP contribution in [-0.2, 0) is 9.47 Å². The van der Waals surface area contributed by atoms with Crippen LogP contribution in [0.25, 0.3) is 22.8 Å². The molecule has 3 aromatic rings. The molecule has 156 valence electrons. The molecular weight excluding hydrogens is 406 g/mol. The van der Waals surface area contributed by atoms with Gasteiger partial charge in [-0.2, -0.15) is 10.4 Å². The van der Waals surface area contributed by atoms with E-state index in [1.807, 2.05) is 19.1 Å². The molecule has 2 atom stereocenters. The summed E-state index contributed by atoms with van der Waals surface area (Å²) in [6.45, 7) is 5.78. The number of nitriles is 1. The first-order chi connectivity index (χ1) is 14.5. The fourth-order valence-electron chi connectivity index (χ4n) is 2.80. The van der Waals surface area contributed by atoms with E-state index in [1.54, 1.807) is 38.2 Å². The molecule has 30 heavy (non-hydrogen) atoms. The number of rotatable bonds is 9. The lowest BCUT2D eigenvalue weighted by Gasteiger charge is -2.20. The third-order valence-electron chi connectivity index (χ3n) is 4.12. The Morgan fingerprint density at radius 2 is 2.00 bits per heavy atom. The molecule has 0 aliphatic heterocycles. The van der Waals surface area contributed by atoms with E-state index in [0.29, 0.717) is 41.0 Å². The molecule has 8 nitrogen and oxygen atoms in total. The van der Waals surface area contributed by atoms with Crippen LogP contribution < -0.4 is 4.74 Å².